The highest BCUT2D eigenvalue weighted by Gasteiger charge is 2.33. The van der Waals surface area contributed by atoms with Crippen molar-refractivity contribution in [1.82, 2.24) is 20.9 Å². The van der Waals surface area contributed by atoms with E-state index in [1.54, 1.807) is 4.90 Å². The highest BCUT2D eigenvalue weighted by molar-refractivity contribution is 5.95. The second kappa shape index (κ2) is 19.5. The predicted octanol–water partition coefficient (Wildman–Crippen LogP) is 1.75. The molecule has 262 valence electrons. The SMILES string of the molecule is CC(C)C[C@@H](NC(=O)[C@@H](Cc1ccccc1)NC(=O)[C@H](N)Cc1ccccc1)C(=O)N[C@@H](CCCN)C(=O)N1CCC(CC(=O)O)CC1. The third-order valence-electron chi connectivity index (χ3n) is 8.59. The lowest BCUT2D eigenvalue weighted by molar-refractivity contribution is -0.140. The summed E-state index contributed by atoms with van der Waals surface area (Å²) < 4.78 is 0. The summed E-state index contributed by atoms with van der Waals surface area (Å²) in [6.07, 6.45) is 2.82. The molecule has 0 radical (unpaired) electrons. The number of hydrogen-bond acceptors (Lipinski definition) is 7. The van der Waals surface area contributed by atoms with Gasteiger partial charge in [0.1, 0.15) is 18.1 Å². The van der Waals surface area contributed by atoms with E-state index in [2.05, 4.69) is 16.0 Å². The van der Waals surface area contributed by atoms with Gasteiger partial charge in [-0.2, -0.15) is 0 Å². The summed E-state index contributed by atoms with van der Waals surface area (Å²) in [5, 5.41) is 17.7. The molecule has 48 heavy (non-hydrogen) atoms. The van der Waals surface area contributed by atoms with Crippen molar-refractivity contribution in [2.45, 2.75) is 89.4 Å². The topological polar surface area (TPSA) is 197 Å². The molecular weight excluding hydrogens is 612 g/mol. The Labute approximate surface area is 283 Å². The fourth-order valence-electron chi connectivity index (χ4n) is 5.95. The minimum atomic E-state index is -1.01. The first kappa shape index (κ1) is 38.2. The number of nitrogens with one attached hydrogen (secondary N) is 3. The number of carboxylic acids is 1. The van der Waals surface area contributed by atoms with E-state index in [0.29, 0.717) is 58.2 Å². The van der Waals surface area contributed by atoms with Gasteiger partial charge in [-0.3, -0.25) is 24.0 Å². The smallest absolute Gasteiger partial charge is 0.303 e. The van der Waals surface area contributed by atoms with Gasteiger partial charge in [0, 0.05) is 25.9 Å². The molecule has 4 atom stereocenters. The number of amides is 4. The minimum Gasteiger partial charge on any atom is -0.481 e. The molecule has 0 unspecified atom stereocenters. The summed E-state index contributed by atoms with van der Waals surface area (Å²) in [5.74, 6) is -2.60. The van der Waals surface area contributed by atoms with E-state index in [-0.39, 0.29) is 30.6 Å². The van der Waals surface area contributed by atoms with Crippen LogP contribution in [0.4, 0.5) is 0 Å². The standard InChI is InChI=1S/C36H52N6O6/c1-24(2)20-30(34(46)39-29(14-9-17-37)36(48)42-18-15-27(16-19-42)23-32(43)44)41-35(47)31(22-26-12-7-4-8-13-26)40-33(45)28(38)21-25-10-5-3-6-11-25/h3-8,10-13,24,27-31H,9,14-23,37-38H2,1-2H3,(H,39,46)(H,40,45)(H,41,47)(H,43,44)/t28-,29+,30-,31-/m1/s1. The molecule has 8 N–H and O–H groups in total. The molecule has 12 nitrogen and oxygen atoms in total. The van der Waals surface area contributed by atoms with Crippen LogP contribution < -0.4 is 27.4 Å². The molecule has 0 bridgehead atoms. The maximum absolute atomic E-state index is 13.8. The molecule has 1 saturated heterocycles. The zero-order valence-corrected chi connectivity index (χ0v) is 28.1. The number of likely N-dealkylation sites (tertiary alicyclic amines) is 1. The zero-order chi connectivity index (χ0) is 35.1. The van der Waals surface area contributed by atoms with Crippen molar-refractivity contribution in [1.29, 1.82) is 0 Å². The van der Waals surface area contributed by atoms with Crippen LogP contribution in [-0.4, -0.2) is 83.4 Å². The Morgan fingerprint density at radius 3 is 1.85 bits per heavy atom. The van der Waals surface area contributed by atoms with Crippen molar-refractivity contribution >= 4 is 29.6 Å². The van der Waals surface area contributed by atoms with Gasteiger partial charge in [-0.1, -0.05) is 74.5 Å². The van der Waals surface area contributed by atoms with Crippen molar-refractivity contribution < 1.29 is 29.1 Å². The first-order valence-electron chi connectivity index (χ1n) is 16.9. The van der Waals surface area contributed by atoms with Gasteiger partial charge in [-0.15, -0.1) is 0 Å². The Morgan fingerprint density at radius 2 is 1.31 bits per heavy atom. The van der Waals surface area contributed by atoms with Crippen LogP contribution in [0, 0.1) is 11.8 Å². The Balaban J connectivity index is 1.73. The first-order chi connectivity index (χ1) is 23.0. The summed E-state index contributed by atoms with van der Waals surface area (Å²) in [6, 6.07) is 14.9. The lowest BCUT2D eigenvalue weighted by Gasteiger charge is -2.34. The predicted molar refractivity (Wildman–Crippen MR) is 183 cm³/mol. The Hall–Kier alpha value is -4.29. The average Bonchev–Trinajstić information content (AvgIpc) is 3.06. The zero-order valence-electron chi connectivity index (χ0n) is 28.1. The van der Waals surface area contributed by atoms with Gasteiger partial charge in [0.25, 0.3) is 0 Å². The van der Waals surface area contributed by atoms with Gasteiger partial charge < -0.3 is 37.4 Å². The number of nitrogens with zero attached hydrogens (tertiary/aromatic N) is 1. The number of nitrogens with two attached hydrogens (primary N) is 2. The maximum Gasteiger partial charge on any atom is 0.303 e. The van der Waals surface area contributed by atoms with Gasteiger partial charge in [0.2, 0.25) is 23.6 Å². The third kappa shape index (κ3) is 12.7. The lowest BCUT2D eigenvalue weighted by atomic mass is 9.93. The molecule has 2 aromatic rings. The van der Waals surface area contributed by atoms with E-state index in [1.807, 2.05) is 74.5 Å². The van der Waals surface area contributed by atoms with Crippen molar-refractivity contribution in [2.24, 2.45) is 23.3 Å². The molecule has 1 heterocycles. The average molecular weight is 665 g/mol. The number of aliphatic carboxylic acids is 1. The van der Waals surface area contributed by atoms with E-state index >= 15 is 0 Å². The van der Waals surface area contributed by atoms with Crippen LogP contribution in [0.15, 0.2) is 60.7 Å². The van der Waals surface area contributed by atoms with Crippen LogP contribution in [0.1, 0.15) is 63.5 Å². The molecule has 2 aromatic carbocycles. The summed E-state index contributed by atoms with van der Waals surface area (Å²) in [7, 11) is 0. The number of rotatable bonds is 18. The van der Waals surface area contributed by atoms with Gasteiger partial charge >= 0.3 is 5.97 Å². The molecule has 0 saturated carbocycles. The monoisotopic (exact) mass is 664 g/mol. The molecule has 3 rings (SSSR count). The van der Waals surface area contributed by atoms with Gasteiger partial charge in [0.15, 0.2) is 0 Å². The molecule has 1 fully saturated rings. The van der Waals surface area contributed by atoms with Crippen LogP contribution >= 0.6 is 0 Å². The van der Waals surface area contributed by atoms with Crippen LogP contribution in [0.3, 0.4) is 0 Å². The summed E-state index contributed by atoms with van der Waals surface area (Å²) in [6.45, 7) is 5.00. The van der Waals surface area contributed by atoms with Crippen molar-refractivity contribution in [3.8, 4) is 0 Å². The largest absolute Gasteiger partial charge is 0.481 e. The lowest BCUT2D eigenvalue weighted by Crippen LogP contribution is -2.59. The normalized spacial score (nSPS) is 16.0. The number of piperidine rings is 1. The second-order valence-corrected chi connectivity index (χ2v) is 13.1. The van der Waals surface area contributed by atoms with Crippen molar-refractivity contribution in [2.75, 3.05) is 19.6 Å². The Bertz CT molecular complexity index is 1330. The van der Waals surface area contributed by atoms with Crippen LogP contribution in [0.25, 0.3) is 0 Å². The fourth-order valence-corrected chi connectivity index (χ4v) is 5.95. The van der Waals surface area contributed by atoms with E-state index in [1.165, 1.54) is 0 Å². The third-order valence-corrected chi connectivity index (χ3v) is 8.59. The molecule has 0 aliphatic carbocycles. The maximum atomic E-state index is 13.8. The molecule has 4 amide bonds. The van der Waals surface area contributed by atoms with Crippen molar-refractivity contribution in [3.63, 3.8) is 0 Å². The van der Waals surface area contributed by atoms with E-state index in [9.17, 15) is 24.0 Å². The summed E-state index contributed by atoms with van der Waals surface area (Å²) >= 11 is 0. The molecule has 1 aliphatic rings. The highest BCUT2D eigenvalue weighted by atomic mass is 16.4. The van der Waals surface area contributed by atoms with Gasteiger partial charge in [0.05, 0.1) is 6.04 Å². The van der Waals surface area contributed by atoms with Crippen LogP contribution in [-0.2, 0) is 36.8 Å². The van der Waals surface area contributed by atoms with E-state index in [4.69, 9.17) is 16.6 Å². The Morgan fingerprint density at radius 1 is 0.792 bits per heavy atom. The Kier molecular flexibility index (Phi) is 15.5. The number of carbonyl (C=O) groups is 5. The second-order valence-electron chi connectivity index (χ2n) is 13.1. The van der Waals surface area contributed by atoms with E-state index in [0.717, 1.165) is 11.1 Å². The highest BCUT2D eigenvalue weighted by Crippen LogP contribution is 2.21. The first-order valence-corrected chi connectivity index (χ1v) is 16.9. The van der Waals surface area contributed by atoms with Crippen LogP contribution in [0.2, 0.25) is 0 Å². The minimum absolute atomic E-state index is 0.00600. The fraction of sp³-hybridized carbons (Fsp3) is 0.528. The van der Waals surface area contributed by atoms with Gasteiger partial charge in [-0.05, 0) is 68.0 Å². The number of carbonyl (C=O) groups excluding carboxylic acids is 4. The van der Waals surface area contributed by atoms with Crippen LogP contribution in [0.5, 0.6) is 0 Å². The van der Waals surface area contributed by atoms with Gasteiger partial charge in [-0.25, -0.2) is 0 Å². The molecule has 1 aliphatic heterocycles. The summed E-state index contributed by atoms with van der Waals surface area (Å²) in [4.78, 5) is 67.2. The number of carboxylic acid groups (broad SMARTS) is 1. The number of benzene rings is 2. The van der Waals surface area contributed by atoms with Crippen molar-refractivity contribution in [3.05, 3.63) is 71.8 Å². The van der Waals surface area contributed by atoms with E-state index < -0.39 is 47.9 Å². The molecular formula is C36H52N6O6. The molecule has 0 aromatic heterocycles. The molecule has 0 spiro atoms. The molecule has 12 heteroatoms. The quantitative estimate of drug-likeness (QED) is 0.139. The number of hydrogen-bond donors (Lipinski definition) is 6. The summed E-state index contributed by atoms with van der Waals surface area (Å²) in [5.41, 5.74) is 13.7.